The lowest BCUT2D eigenvalue weighted by molar-refractivity contribution is -0.132. The monoisotopic (exact) mass is 820 g/mol. The Balaban J connectivity index is 0.837. The molecule has 3 N–H and O–H groups in total. The molecule has 312 valence electrons. The van der Waals surface area contributed by atoms with Gasteiger partial charge in [-0.2, -0.15) is 10.2 Å². The Bertz CT molecular complexity index is 2460. The zero-order chi connectivity index (χ0) is 41.3. The van der Waals surface area contributed by atoms with E-state index in [4.69, 9.17) is 14.2 Å². The number of hydrogen-bond acceptors (Lipinski definition) is 10. The Morgan fingerprint density at radius 1 is 0.672 bits per heavy atom. The number of aromatic nitrogens is 4. The molecule has 5 heterocycles. The molecule has 2 fully saturated rings. The van der Waals surface area contributed by atoms with Crippen molar-refractivity contribution in [2.24, 2.45) is 0 Å². The third-order valence-corrected chi connectivity index (χ3v) is 12.2. The Morgan fingerprint density at radius 3 is 1.85 bits per heavy atom. The Morgan fingerprint density at radius 2 is 1.26 bits per heavy atom. The highest BCUT2D eigenvalue weighted by Crippen LogP contribution is 2.41. The molecule has 4 aromatic carbocycles. The number of carbonyl (C=O) groups is 2. The highest BCUT2D eigenvalue weighted by Gasteiger charge is 2.39. The minimum atomic E-state index is -0.846. The summed E-state index contributed by atoms with van der Waals surface area (Å²) in [4.78, 5) is 31.9. The summed E-state index contributed by atoms with van der Waals surface area (Å²) in [5.74, 6) is 0.535. The molecule has 0 radical (unpaired) electrons. The van der Waals surface area contributed by atoms with Gasteiger partial charge in [0.05, 0.1) is 67.2 Å². The predicted molar refractivity (Wildman–Crippen MR) is 228 cm³/mol. The second-order valence-electron chi connectivity index (χ2n) is 16.3. The van der Waals surface area contributed by atoms with Gasteiger partial charge >= 0.3 is 0 Å². The van der Waals surface area contributed by atoms with Crippen LogP contribution in [0.5, 0.6) is 11.5 Å². The van der Waals surface area contributed by atoms with Gasteiger partial charge in [0.1, 0.15) is 11.5 Å². The predicted octanol–water partition coefficient (Wildman–Crippen LogP) is 4.92. The average molecular weight is 821 g/mol. The topological polar surface area (TPSA) is 148 Å². The van der Waals surface area contributed by atoms with Crippen LogP contribution in [0.4, 0.5) is 11.4 Å². The van der Waals surface area contributed by atoms with E-state index in [0.717, 1.165) is 52.3 Å². The number of aliphatic hydroxyl groups excluding tert-OH is 1. The fourth-order valence-electron chi connectivity index (χ4n) is 8.87. The van der Waals surface area contributed by atoms with Crippen molar-refractivity contribution in [1.29, 1.82) is 0 Å². The second-order valence-corrected chi connectivity index (χ2v) is 16.3. The van der Waals surface area contributed by atoms with Crippen molar-refractivity contribution in [2.45, 2.75) is 68.7 Å². The molecule has 6 aromatic rings. The number of aliphatic hydroxyl groups is 1. The van der Waals surface area contributed by atoms with Crippen LogP contribution in [0.15, 0.2) is 128 Å². The summed E-state index contributed by atoms with van der Waals surface area (Å²) < 4.78 is 21.7. The van der Waals surface area contributed by atoms with E-state index in [1.54, 1.807) is 12.4 Å². The van der Waals surface area contributed by atoms with Crippen LogP contribution in [-0.4, -0.2) is 93.2 Å². The number of para-hydroxylation sites is 2. The van der Waals surface area contributed by atoms with Gasteiger partial charge in [0.2, 0.25) is 0 Å². The molecule has 4 aliphatic rings. The average Bonchev–Trinajstić information content (AvgIpc) is 4.02. The number of fused-ring (bicyclic) bond motifs is 2. The molecule has 0 spiro atoms. The second kappa shape index (κ2) is 16.8. The smallest absolute Gasteiger partial charge is 0.263 e. The zero-order valence-corrected chi connectivity index (χ0v) is 33.6. The van der Waals surface area contributed by atoms with E-state index < -0.39 is 24.4 Å². The van der Waals surface area contributed by atoms with Crippen molar-refractivity contribution in [3.05, 3.63) is 145 Å². The van der Waals surface area contributed by atoms with Crippen LogP contribution in [-0.2, 0) is 27.4 Å². The van der Waals surface area contributed by atoms with Crippen molar-refractivity contribution in [1.82, 2.24) is 30.2 Å². The van der Waals surface area contributed by atoms with Gasteiger partial charge in [-0.05, 0) is 90.2 Å². The third-order valence-electron chi connectivity index (χ3n) is 12.2. The fraction of sp³-hybridized carbons (Fsp3) is 0.319. The van der Waals surface area contributed by atoms with E-state index in [1.807, 2.05) is 101 Å². The van der Waals surface area contributed by atoms with E-state index >= 15 is 0 Å². The number of amides is 2. The van der Waals surface area contributed by atoms with E-state index in [1.165, 1.54) is 0 Å². The van der Waals surface area contributed by atoms with E-state index in [-0.39, 0.29) is 23.8 Å². The first kappa shape index (κ1) is 38.6. The van der Waals surface area contributed by atoms with Crippen LogP contribution in [0.25, 0.3) is 11.4 Å². The first-order valence-electron chi connectivity index (χ1n) is 21.0. The lowest BCUT2D eigenvalue weighted by Crippen LogP contribution is -2.56. The Labute approximate surface area is 353 Å². The number of nitrogens with zero attached hydrogens (tertiary/aromatic N) is 6. The zero-order valence-electron chi connectivity index (χ0n) is 33.6. The van der Waals surface area contributed by atoms with Crippen molar-refractivity contribution in [2.75, 3.05) is 36.1 Å². The normalized spacial score (nSPS) is 22.2. The van der Waals surface area contributed by atoms with Gasteiger partial charge in [-0.15, -0.1) is 0 Å². The van der Waals surface area contributed by atoms with E-state index in [2.05, 4.69) is 54.9 Å². The van der Waals surface area contributed by atoms with Crippen LogP contribution < -0.4 is 29.9 Å². The largest absolute Gasteiger partial charge is 0.477 e. The summed E-state index contributed by atoms with van der Waals surface area (Å²) in [6, 6.07) is 33.5. The van der Waals surface area contributed by atoms with Gasteiger partial charge in [0, 0.05) is 43.8 Å². The van der Waals surface area contributed by atoms with Gasteiger partial charge in [0.15, 0.2) is 12.2 Å². The van der Waals surface area contributed by atoms with Crippen LogP contribution in [0.3, 0.4) is 0 Å². The van der Waals surface area contributed by atoms with Crippen molar-refractivity contribution < 1.29 is 28.9 Å². The Hall–Kier alpha value is -6.64. The minimum Gasteiger partial charge on any atom is -0.477 e. The molecular weight excluding hydrogens is 773 g/mol. The van der Waals surface area contributed by atoms with Crippen LogP contribution in [0.1, 0.15) is 41.9 Å². The third kappa shape index (κ3) is 8.16. The molecule has 0 bridgehead atoms. The molecule has 14 heteroatoms. The van der Waals surface area contributed by atoms with Gasteiger partial charge < -0.3 is 39.8 Å². The first-order valence-corrected chi connectivity index (χ1v) is 21.0. The standard InChI is InChI=1S/C47H48N8O6/c56-45-37(6-3-7-38(45)51-47(58)44-28-52(39-8-1-2-9-41(39)60-44)25-31-10-15-35(16-11-31)54-22-4-20-48-54)33-14-19-40-42(24-33)61-43(46(57)50-34-29-59-30-34)27-53(40)26-32-12-17-36(18-13-32)55-23-5-21-49-55/h1-2,4-5,8-24,34,37-38,43-45,56H,3,6-7,25-30H2,(H,50,57)(H,51,58). The highest BCUT2D eigenvalue weighted by molar-refractivity contribution is 5.84. The summed E-state index contributed by atoms with van der Waals surface area (Å²) in [5, 5.41) is 26.8. The van der Waals surface area contributed by atoms with Gasteiger partial charge in [-0.25, -0.2) is 9.36 Å². The SMILES string of the molecule is O=C(NC1COC1)C1CN(Cc2ccc(-n3cccn3)cc2)c2ccc(C3CCCC(NC(=O)C4CN(Cc5ccc(-n6cccn6)cc5)c5ccccc5O4)C3O)cc2O1. The van der Waals surface area contributed by atoms with Crippen LogP contribution >= 0.6 is 0 Å². The maximum atomic E-state index is 14.0. The summed E-state index contributed by atoms with van der Waals surface area (Å²) in [7, 11) is 0. The molecule has 5 unspecified atom stereocenters. The van der Waals surface area contributed by atoms with Gasteiger partial charge in [0.25, 0.3) is 11.8 Å². The van der Waals surface area contributed by atoms with Gasteiger partial charge in [-0.3, -0.25) is 9.59 Å². The number of hydrogen-bond donors (Lipinski definition) is 3. The first-order chi connectivity index (χ1) is 29.9. The molecule has 1 saturated heterocycles. The molecule has 10 rings (SSSR count). The highest BCUT2D eigenvalue weighted by atomic mass is 16.5. The Kier molecular flexibility index (Phi) is 10.6. The van der Waals surface area contributed by atoms with Crippen molar-refractivity contribution in [3.63, 3.8) is 0 Å². The lowest BCUT2D eigenvalue weighted by atomic mass is 9.78. The van der Waals surface area contributed by atoms with Crippen LogP contribution in [0.2, 0.25) is 0 Å². The molecule has 1 aliphatic carbocycles. The van der Waals surface area contributed by atoms with E-state index in [0.29, 0.717) is 57.3 Å². The summed E-state index contributed by atoms with van der Waals surface area (Å²) in [5.41, 5.74) is 6.80. The molecule has 2 aromatic heterocycles. The molecule has 14 nitrogen and oxygen atoms in total. The minimum absolute atomic E-state index is 0.0283. The summed E-state index contributed by atoms with van der Waals surface area (Å²) in [6.07, 6.45) is 7.16. The van der Waals surface area contributed by atoms with Crippen molar-refractivity contribution >= 4 is 23.2 Å². The molecular formula is C47H48N8O6. The van der Waals surface area contributed by atoms with Gasteiger partial charge in [-0.1, -0.05) is 48.9 Å². The molecule has 1 saturated carbocycles. The fourth-order valence-corrected chi connectivity index (χ4v) is 8.87. The molecule has 61 heavy (non-hydrogen) atoms. The maximum absolute atomic E-state index is 14.0. The number of anilines is 2. The number of carbonyl (C=O) groups excluding carboxylic acids is 2. The molecule has 3 aliphatic heterocycles. The quantitative estimate of drug-likeness (QED) is 0.165. The number of nitrogens with one attached hydrogen (secondary N) is 2. The van der Waals surface area contributed by atoms with Crippen LogP contribution in [0, 0.1) is 0 Å². The number of ether oxygens (including phenoxy) is 3. The number of rotatable bonds is 11. The molecule has 2 amide bonds. The van der Waals surface area contributed by atoms with E-state index in [9.17, 15) is 14.7 Å². The maximum Gasteiger partial charge on any atom is 0.263 e. The summed E-state index contributed by atoms with van der Waals surface area (Å²) in [6.45, 7) is 2.86. The molecule has 5 atom stereocenters. The lowest BCUT2D eigenvalue weighted by Gasteiger charge is -2.40. The number of benzene rings is 4. The van der Waals surface area contributed by atoms with Crippen molar-refractivity contribution in [3.8, 4) is 22.9 Å². The summed E-state index contributed by atoms with van der Waals surface area (Å²) >= 11 is 0.